The van der Waals surface area contributed by atoms with Crippen LogP contribution in [0.4, 0.5) is 0 Å². The van der Waals surface area contributed by atoms with Crippen LogP contribution in [0.2, 0.25) is 0 Å². The number of hydrogen-bond acceptors (Lipinski definition) is 0. The van der Waals surface area contributed by atoms with E-state index in [9.17, 15) is 0 Å². The van der Waals surface area contributed by atoms with Gasteiger partial charge in [0, 0.05) is 0 Å². The minimum atomic E-state index is 0. The molecule has 84 valence electrons. The Balaban J connectivity index is 0.000000292. The molecule has 0 fully saturated rings. The van der Waals surface area contributed by atoms with Crippen molar-refractivity contribution in [3.8, 4) is 0 Å². The molecular formula is C16H18Y+. The molecule has 0 N–H and O–H groups in total. The van der Waals surface area contributed by atoms with Crippen molar-refractivity contribution in [2.75, 3.05) is 0 Å². The summed E-state index contributed by atoms with van der Waals surface area (Å²) >= 11 is 0. The standard InChI is InChI=1S/C9H11.C7H7.Y/c1-2-6-9-7-4-3-5-8-9;1-7-5-3-2-4-6-7;/h4-5,7-8H,2,6H2,1H3;3-6H,1H3;/q2*-1;+3. The van der Waals surface area contributed by atoms with E-state index in [1.807, 2.05) is 36.4 Å². The van der Waals surface area contributed by atoms with Crippen molar-refractivity contribution < 1.29 is 32.7 Å². The van der Waals surface area contributed by atoms with Crippen molar-refractivity contribution in [2.45, 2.75) is 26.7 Å². The topological polar surface area (TPSA) is 0 Å². The van der Waals surface area contributed by atoms with Gasteiger partial charge in [-0.05, 0) is 0 Å². The van der Waals surface area contributed by atoms with E-state index in [1.54, 1.807) is 0 Å². The molecule has 0 aliphatic rings. The monoisotopic (exact) mass is 299 g/mol. The predicted octanol–water partition coefficient (Wildman–Crippen LogP) is 4.23. The van der Waals surface area contributed by atoms with Crippen molar-refractivity contribution in [3.63, 3.8) is 0 Å². The number of aryl methyl sites for hydroxylation is 2. The van der Waals surface area contributed by atoms with Crippen molar-refractivity contribution in [1.82, 2.24) is 0 Å². The van der Waals surface area contributed by atoms with Gasteiger partial charge in [0.15, 0.2) is 0 Å². The summed E-state index contributed by atoms with van der Waals surface area (Å²) in [4.78, 5) is 0. The number of benzene rings is 2. The van der Waals surface area contributed by atoms with Crippen LogP contribution in [-0.4, -0.2) is 0 Å². The van der Waals surface area contributed by atoms with E-state index in [-0.39, 0.29) is 32.7 Å². The summed E-state index contributed by atoms with van der Waals surface area (Å²) in [6.45, 7) is 4.25. The molecule has 0 saturated carbocycles. The maximum absolute atomic E-state index is 2.99. The molecule has 2 aromatic carbocycles. The Bertz CT molecular complexity index is 367. The van der Waals surface area contributed by atoms with E-state index >= 15 is 0 Å². The summed E-state index contributed by atoms with van der Waals surface area (Å²) < 4.78 is 0. The van der Waals surface area contributed by atoms with Gasteiger partial charge < -0.3 is 0 Å². The molecule has 0 unspecified atom stereocenters. The third kappa shape index (κ3) is 8.29. The minimum absolute atomic E-state index is 0. The molecule has 0 nitrogen and oxygen atoms in total. The van der Waals surface area contributed by atoms with Gasteiger partial charge in [-0.3, -0.25) is 0 Å². The Labute approximate surface area is 130 Å². The van der Waals surface area contributed by atoms with Gasteiger partial charge in [-0.15, -0.1) is 0 Å². The zero-order valence-corrected chi connectivity index (χ0v) is 13.4. The van der Waals surface area contributed by atoms with E-state index in [1.165, 1.54) is 24.0 Å². The van der Waals surface area contributed by atoms with E-state index in [2.05, 4.69) is 38.1 Å². The van der Waals surface area contributed by atoms with Gasteiger partial charge >= 0.3 is 32.7 Å². The molecule has 0 aromatic heterocycles. The van der Waals surface area contributed by atoms with Crippen LogP contribution in [-0.2, 0) is 39.1 Å². The Morgan fingerprint density at radius 1 is 0.882 bits per heavy atom. The molecule has 0 heterocycles. The molecule has 0 radical (unpaired) electrons. The molecule has 0 bridgehead atoms. The fraction of sp³-hybridized carbons (Fsp3) is 0.250. The SMILES string of the molecule is CCCc1cc[c-]cc1.Cc1cc[c-]cc1.[Y+3]. The van der Waals surface area contributed by atoms with Crippen LogP contribution >= 0.6 is 0 Å². The van der Waals surface area contributed by atoms with Crippen molar-refractivity contribution in [2.24, 2.45) is 0 Å². The fourth-order valence-corrected chi connectivity index (χ4v) is 1.35. The number of hydrogen-bond donors (Lipinski definition) is 0. The van der Waals surface area contributed by atoms with Crippen LogP contribution in [0.15, 0.2) is 48.5 Å². The molecule has 0 atom stereocenters. The molecule has 0 aliphatic heterocycles. The van der Waals surface area contributed by atoms with Gasteiger partial charge in [0.25, 0.3) is 0 Å². The Morgan fingerprint density at radius 3 is 1.71 bits per heavy atom. The van der Waals surface area contributed by atoms with Crippen molar-refractivity contribution in [1.29, 1.82) is 0 Å². The molecule has 0 aliphatic carbocycles. The first kappa shape index (κ1) is 16.5. The van der Waals surface area contributed by atoms with Gasteiger partial charge in [-0.25, -0.2) is 0 Å². The van der Waals surface area contributed by atoms with Gasteiger partial charge in [-0.2, -0.15) is 71.8 Å². The van der Waals surface area contributed by atoms with Crippen LogP contribution in [0.1, 0.15) is 24.5 Å². The maximum atomic E-state index is 2.99. The van der Waals surface area contributed by atoms with Crippen LogP contribution in [0.3, 0.4) is 0 Å². The fourth-order valence-electron chi connectivity index (χ4n) is 1.35. The molecule has 1 heteroatoms. The normalized spacial score (nSPS) is 8.59. The van der Waals surface area contributed by atoms with E-state index in [0.29, 0.717) is 0 Å². The minimum Gasteiger partial charge on any atom is -0.184 e. The summed E-state index contributed by atoms with van der Waals surface area (Å²) in [5, 5.41) is 0. The van der Waals surface area contributed by atoms with Crippen molar-refractivity contribution in [3.05, 3.63) is 71.8 Å². The van der Waals surface area contributed by atoms with Crippen molar-refractivity contribution >= 4 is 0 Å². The smallest absolute Gasteiger partial charge is 0.184 e. The first-order valence-electron chi connectivity index (χ1n) is 5.70. The second kappa shape index (κ2) is 10.7. The van der Waals surface area contributed by atoms with Gasteiger partial charge in [-0.1, -0.05) is 26.7 Å². The third-order valence-corrected chi connectivity index (χ3v) is 2.21. The zero-order valence-electron chi connectivity index (χ0n) is 10.6. The van der Waals surface area contributed by atoms with Crippen LogP contribution in [0, 0.1) is 19.1 Å². The van der Waals surface area contributed by atoms with Gasteiger partial charge in [0.05, 0.1) is 0 Å². The summed E-state index contributed by atoms with van der Waals surface area (Å²) in [7, 11) is 0. The summed E-state index contributed by atoms with van der Waals surface area (Å²) in [5.41, 5.74) is 2.70. The molecule has 0 amide bonds. The molecule has 17 heavy (non-hydrogen) atoms. The largest absolute Gasteiger partial charge is 3.00 e. The van der Waals surface area contributed by atoms with Crippen LogP contribution in [0.25, 0.3) is 0 Å². The number of rotatable bonds is 2. The van der Waals surface area contributed by atoms with E-state index < -0.39 is 0 Å². The third-order valence-electron chi connectivity index (χ3n) is 2.21. The average molecular weight is 299 g/mol. The molecule has 0 saturated heterocycles. The summed E-state index contributed by atoms with van der Waals surface area (Å²) in [6.07, 6.45) is 2.42. The Morgan fingerprint density at radius 2 is 1.35 bits per heavy atom. The summed E-state index contributed by atoms with van der Waals surface area (Å²) in [6, 6.07) is 22.0. The maximum Gasteiger partial charge on any atom is 3.00 e. The second-order valence-electron chi connectivity index (χ2n) is 3.74. The molecular weight excluding hydrogens is 281 g/mol. The first-order chi connectivity index (χ1) is 7.83. The predicted molar refractivity (Wildman–Crippen MR) is 69.3 cm³/mol. The summed E-state index contributed by atoms with van der Waals surface area (Å²) in [5.74, 6) is 0. The quantitative estimate of drug-likeness (QED) is 0.728. The van der Waals surface area contributed by atoms with Crippen LogP contribution in [0.5, 0.6) is 0 Å². The Hall–Kier alpha value is -0.456. The van der Waals surface area contributed by atoms with E-state index in [4.69, 9.17) is 0 Å². The zero-order chi connectivity index (χ0) is 11.6. The molecule has 2 rings (SSSR count). The molecule has 0 spiro atoms. The molecule has 2 aromatic rings. The Kier molecular flexibility index (Phi) is 10.4. The van der Waals surface area contributed by atoms with Gasteiger partial charge in [0.1, 0.15) is 0 Å². The second-order valence-corrected chi connectivity index (χ2v) is 3.74. The van der Waals surface area contributed by atoms with E-state index in [0.717, 1.165) is 0 Å². The van der Waals surface area contributed by atoms with Gasteiger partial charge in [0.2, 0.25) is 0 Å². The first-order valence-corrected chi connectivity index (χ1v) is 5.70. The van der Waals surface area contributed by atoms with Crippen LogP contribution < -0.4 is 0 Å². The average Bonchev–Trinajstić information content (AvgIpc) is 2.33.